The van der Waals surface area contributed by atoms with E-state index in [4.69, 9.17) is 21.1 Å². The van der Waals surface area contributed by atoms with E-state index < -0.39 is 0 Å². The second-order valence-corrected chi connectivity index (χ2v) is 7.56. The maximum absolute atomic E-state index is 6.12. The van der Waals surface area contributed by atoms with Gasteiger partial charge < -0.3 is 18.9 Å². The normalized spacial score (nSPS) is 11.2. The van der Waals surface area contributed by atoms with E-state index in [1.807, 2.05) is 42.5 Å². The molecule has 2 aromatic carbocycles. The highest BCUT2D eigenvalue weighted by atomic mass is 35.5. The summed E-state index contributed by atoms with van der Waals surface area (Å²) < 4.78 is 12.8. The van der Waals surface area contributed by atoms with Crippen LogP contribution in [-0.2, 0) is 9.47 Å². The van der Waals surface area contributed by atoms with Crippen LogP contribution >= 0.6 is 11.6 Å². The molecule has 0 bridgehead atoms. The Bertz CT molecular complexity index is 1120. The second kappa shape index (κ2) is 9.92. The van der Waals surface area contributed by atoms with Crippen LogP contribution in [0, 0.1) is 0 Å². The molecular weight excluding hydrogens is 412 g/mol. The number of nitrogens with zero attached hydrogens (tertiary/aromatic N) is 4. The van der Waals surface area contributed by atoms with E-state index in [1.54, 1.807) is 20.5 Å². The number of hydrogen-bond acceptors (Lipinski definition) is 5. The standard InChI is InChI=1S/C24H25ClN4O2/c1-30-14-12-28(13-15-31-2)23-22-21(18-6-4-3-5-7-18)16-29(24(22)27-17-26-23)20-10-8-19(25)9-11-20/h3-11,16-17H,12-15H2,1-2H3. The van der Waals surface area contributed by atoms with Crippen LogP contribution in [0.5, 0.6) is 0 Å². The summed E-state index contributed by atoms with van der Waals surface area (Å²) in [6.07, 6.45) is 3.73. The van der Waals surface area contributed by atoms with Gasteiger partial charge in [0.1, 0.15) is 12.1 Å². The van der Waals surface area contributed by atoms with E-state index in [1.165, 1.54) is 0 Å². The van der Waals surface area contributed by atoms with Crippen molar-refractivity contribution in [2.24, 2.45) is 0 Å². The molecular formula is C24H25ClN4O2. The third kappa shape index (κ3) is 4.56. The van der Waals surface area contributed by atoms with E-state index in [2.05, 4.69) is 37.8 Å². The largest absolute Gasteiger partial charge is 0.383 e. The van der Waals surface area contributed by atoms with Crippen molar-refractivity contribution >= 4 is 28.5 Å². The van der Waals surface area contributed by atoms with E-state index in [0.29, 0.717) is 31.3 Å². The molecule has 0 aliphatic rings. The van der Waals surface area contributed by atoms with Crippen LogP contribution in [-0.4, -0.2) is 55.1 Å². The van der Waals surface area contributed by atoms with Crippen molar-refractivity contribution in [1.82, 2.24) is 14.5 Å². The monoisotopic (exact) mass is 436 g/mol. The van der Waals surface area contributed by atoms with Crippen LogP contribution < -0.4 is 4.90 Å². The molecule has 4 aromatic rings. The molecule has 0 spiro atoms. The zero-order valence-electron chi connectivity index (χ0n) is 17.7. The van der Waals surface area contributed by atoms with Gasteiger partial charge in [0.15, 0.2) is 5.65 Å². The average molecular weight is 437 g/mol. The first-order valence-electron chi connectivity index (χ1n) is 10.1. The predicted octanol–water partition coefficient (Wildman–Crippen LogP) is 4.84. The van der Waals surface area contributed by atoms with Gasteiger partial charge in [0.2, 0.25) is 0 Å². The Kier molecular flexibility index (Phi) is 6.82. The number of benzene rings is 2. The fraction of sp³-hybridized carbons (Fsp3) is 0.250. The zero-order valence-corrected chi connectivity index (χ0v) is 18.4. The molecule has 6 nitrogen and oxygen atoms in total. The Morgan fingerprint density at radius 1 is 0.903 bits per heavy atom. The van der Waals surface area contributed by atoms with Crippen LogP contribution in [0.2, 0.25) is 5.02 Å². The quantitative estimate of drug-likeness (QED) is 0.375. The lowest BCUT2D eigenvalue weighted by molar-refractivity contribution is 0.190. The number of aromatic nitrogens is 3. The molecule has 7 heteroatoms. The number of hydrogen-bond donors (Lipinski definition) is 0. The lowest BCUT2D eigenvalue weighted by Gasteiger charge is -2.24. The van der Waals surface area contributed by atoms with Gasteiger partial charge >= 0.3 is 0 Å². The molecule has 31 heavy (non-hydrogen) atoms. The first kappa shape index (κ1) is 21.3. The number of rotatable bonds is 9. The van der Waals surface area contributed by atoms with E-state index >= 15 is 0 Å². The van der Waals surface area contributed by atoms with E-state index in [-0.39, 0.29) is 0 Å². The minimum atomic E-state index is 0.591. The highest BCUT2D eigenvalue weighted by Gasteiger charge is 2.20. The van der Waals surface area contributed by atoms with Crippen molar-refractivity contribution in [3.8, 4) is 16.8 Å². The molecule has 0 unspecified atom stereocenters. The number of fused-ring (bicyclic) bond motifs is 1. The molecule has 4 rings (SSSR count). The lowest BCUT2D eigenvalue weighted by atomic mass is 10.1. The van der Waals surface area contributed by atoms with Crippen LogP contribution in [0.3, 0.4) is 0 Å². The van der Waals surface area contributed by atoms with Crippen LogP contribution in [0.1, 0.15) is 0 Å². The number of halogens is 1. The Morgan fingerprint density at radius 3 is 2.23 bits per heavy atom. The van der Waals surface area contributed by atoms with Crippen LogP contribution in [0.25, 0.3) is 27.8 Å². The number of anilines is 1. The maximum Gasteiger partial charge on any atom is 0.150 e. The minimum Gasteiger partial charge on any atom is -0.383 e. The van der Waals surface area contributed by atoms with Crippen molar-refractivity contribution in [2.75, 3.05) is 45.4 Å². The van der Waals surface area contributed by atoms with Gasteiger partial charge in [-0.15, -0.1) is 0 Å². The first-order chi connectivity index (χ1) is 15.2. The van der Waals surface area contributed by atoms with Gasteiger partial charge in [-0.05, 0) is 29.8 Å². The number of ether oxygens (including phenoxy) is 2. The topological polar surface area (TPSA) is 52.4 Å². The maximum atomic E-state index is 6.12. The fourth-order valence-electron chi connectivity index (χ4n) is 3.65. The van der Waals surface area contributed by atoms with Crippen molar-refractivity contribution in [2.45, 2.75) is 0 Å². The Hall–Kier alpha value is -2.93. The lowest BCUT2D eigenvalue weighted by Crippen LogP contribution is -2.31. The summed E-state index contributed by atoms with van der Waals surface area (Å²) in [5.74, 6) is 0.866. The molecule has 2 aromatic heterocycles. The van der Waals surface area contributed by atoms with Gasteiger partial charge in [0, 0.05) is 49.8 Å². The summed E-state index contributed by atoms with van der Waals surface area (Å²) in [6.45, 7) is 2.58. The third-order valence-electron chi connectivity index (χ3n) is 5.18. The van der Waals surface area contributed by atoms with Gasteiger partial charge in [0.25, 0.3) is 0 Å². The molecule has 0 atom stereocenters. The smallest absolute Gasteiger partial charge is 0.150 e. The Morgan fingerprint density at radius 2 is 1.58 bits per heavy atom. The summed E-state index contributed by atoms with van der Waals surface area (Å²) in [7, 11) is 3.41. The van der Waals surface area contributed by atoms with Gasteiger partial charge in [-0.1, -0.05) is 41.9 Å². The predicted molar refractivity (Wildman–Crippen MR) is 125 cm³/mol. The highest BCUT2D eigenvalue weighted by Crippen LogP contribution is 2.36. The number of methoxy groups -OCH3 is 2. The second-order valence-electron chi connectivity index (χ2n) is 7.12. The van der Waals surface area contributed by atoms with E-state index in [0.717, 1.165) is 33.7 Å². The molecule has 160 valence electrons. The Balaban J connectivity index is 1.94. The van der Waals surface area contributed by atoms with E-state index in [9.17, 15) is 0 Å². The fourth-order valence-corrected chi connectivity index (χ4v) is 3.77. The van der Waals surface area contributed by atoms with Crippen molar-refractivity contribution in [3.63, 3.8) is 0 Å². The first-order valence-corrected chi connectivity index (χ1v) is 10.5. The van der Waals surface area contributed by atoms with Crippen molar-refractivity contribution in [3.05, 3.63) is 72.1 Å². The molecule has 0 N–H and O–H groups in total. The van der Waals surface area contributed by atoms with Crippen molar-refractivity contribution in [1.29, 1.82) is 0 Å². The van der Waals surface area contributed by atoms with Gasteiger partial charge in [-0.3, -0.25) is 0 Å². The molecule has 0 saturated heterocycles. The summed E-state index contributed by atoms with van der Waals surface area (Å²) in [6, 6.07) is 18.1. The average Bonchev–Trinajstić information content (AvgIpc) is 3.20. The molecule has 2 heterocycles. The van der Waals surface area contributed by atoms with Crippen molar-refractivity contribution < 1.29 is 9.47 Å². The molecule has 0 fully saturated rings. The van der Waals surface area contributed by atoms with Crippen LogP contribution in [0.4, 0.5) is 5.82 Å². The molecule has 0 aliphatic heterocycles. The van der Waals surface area contributed by atoms with Gasteiger partial charge in [-0.25, -0.2) is 9.97 Å². The molecule has 0 radical (unpaired) electrons. The summed E-state index contributed by atoms with van der Waals surface area (Å²) in [4.78, 5) is 11.5. The summed E-state index contributed by atoms with van der Waals surface area (Å²) in [5.41, 5.74) is 4.00. The summed E-state index contributed by atoms with van der Waals surface area (Å²) >= 11 is 6.12. The SMILES string of the molecule is COCCN(CCOC)c1ncnc2c1c(-c1ccccc1)cn2-c1ccc(Cl)cc1. The highest BCUT2D eigenvalue weighted by molar-refractivity contribution is 6.30. The van der Waals surface area contributed by atoms with Gasteiger partial charge in [0.05, 0.1) is 18.6 Å². The van der Waals surface area contributed by atoms with Crippen LogP contribution in [0.15, 0.2) is 67.1 Å². The Labute approximate surface area is 187 Å². The van der Waals surface area contributed by atoms with Gasteiger partial charge in [-0.2, -0.15) is 0 Å². The minimum absolute atomic E-state index is 0.591. The molecule has 0 aliphatic carbocycles. The molecule has 0 saturated carbocycles. The molecule has 0 amide bonds. The summed E-state index contributed by atoms with van der Waals surface area (Å²) in [5, 5.41) is 1.69. The third-order valence-corrected chi connectivity index (χ3v) is 5.43. The zero-order chi connectivity index (χ0) is 21.6.